The summed E-state index contributed by atoms with van der Waals surface area (Å²) < 4.78 is 5.61. The van der Waals surface area contributed by atoms with Crippen LogP contribution in [-0.4, -0.2) is 12.5 Å². The van der Waals surface area contributed by atoms with Crippen molar-refractivity contribution in [2.75, 3.05) is 11.9 Å². The molecule has 0 unspecified atom stereocenters. The summed E-state index contributed by atoms with van der Waals surface area (Å²) in [7, 11) is 0. The molecule has 0 aromatic heterocycles. The lowest BCUT2D eigenvalue weighted by molar-refractivity contribution is 0.102. The number of hydrogen-bond acceptors (Lipinski definition) is 2. The fourth-order valence-electron chi connectivity index (χ4n) is 1.69. The highest BCUT2D eigenvalue weighted by Gasteiger charge is 2.08. The van der Waals surface area contributed by atoms with E-state index in [1.807, 2.05) is 49.4 Å². The number of rotatable bonds is 5. The van der Waals surface area contributed by atoms with Crippen molar-refractivity contribution in [3.63, 3.8) is 0 Å². The van der Waals surface area contributed by atoms with Crippen molar-refractivity contribution in [3.05, 3.63) is 60.2 Å². The van der Waals surface area contributed by atoms with Crippen LogP contribution in [0.3, 0.4) is 0 Å². The number of nitrogens with one attached hydrogen (secondary N) is 1. The number of carbonyl (C=O) groups excluding carboxylic acids is 1. The Kier molecular flexibility index (Phi) is 4.56. The average Bonchev–Trinajstić information content (AvgIpc) is 2.47. The number of ether oxygens (including phenoxy) is 1. The highest BCUT2D eigenvalue weighted by atomic mass is 16.5. The summed E-state index contributed by atoms with van der Waals surface area (Å²) in [4.78, 5) is 12.1. The molecule has 0 radical (unpaired) electrons. The molecule has 2 aromatic rings. The predicted molar refractivity (Wildman–Crippen MR) is 76.6 cm³/mol. The quantitative estimate of drug-likeness (QED) is 0.884. The van der Waals surface area contributed by atoms with Crippen molar-refractivity contribution >= 4 is 11.6 Å². The Morgan fingerprint density at radius 3 is 2.47 bits per heavy atom. The molecule has 1 amide bonds. The first-order valence-corrected chi connectivity index (χ1v) is 6.39. The van der Waals surface area contributed by atoms with Crippen LogP contribution in [0.4, 0.5) is 5.69 Å². The largest absolute Gasteiger partial charge is 0.491 e. The van der Waals surface area contributed by atoms with Crippen LogP contribution < -0.4 is 10.1 Å². The molecule has 0 atom stereocenters. The van der Waals surface area contributed by atoms with E-state index in [0.29, 0.717) is 23.6 Å². The van der Waals surface area contributed by atoms with Crippen LogP contribution in [0.2, 0.25) is 0 Å². The molecular weight excluding hydrogens is 238 g/mol. The van der Waals surface area contributed by atoms with E-state index in [1.54, 1.807) is 12.1 Å². The van der Waals surface area contributed by atoms with Gasteiger partial charge in [-0.2, -0.15) is 0 Å². The maximum absolute atomic E-state index is 12.1. The summed E-state index contributed by atoms with van der Waals surface area (Å²) in [5.74, 6) is 0.571. The van der Waals surface area contributed by atoms with Crippen molar-refractivity contribution in [3.8, 4) is 5.75 Å². The third-order valence-electron chi connectivity index (χ3n) is 2.63. The zero-order chi connectivity index (χ0) is 13.5. The van der Waals surface area contributed by atoms with E-state index in [-0.39, 0.29) is 5.91 Å². The lowest BCUT2D eigenvalue weighted by atomic mass is 10.2. The molecule has 0 heterocycles. The summed E-state index contributed by atoms with van der Waals surface area (Å²) in [5.41, 5.74) is 1.33. The third-order valence-corrected chi connectivity index (χ3v) is 2.63. The normalized spacial score (nSPS) is 9.95. The van der Waals surface area contributed by atoms with E-state index >= 15 is 0 Å². The van der Waals surface area contributed by atoms with Gasteiger partial charge in [0, 0.05) is 5.56 Å². The van der Waals surface area contributed by atoms with E-state index < -0.39 is 0 Å². The molecule has 98 valence electrons. The van der Waals surface area contributed by atoms with Crippen LogP contribution in [0, 0.1) is 0 Å². The van der Waals surface area contributed by atoms with Gasteiger partial charge in [-0.15, -0.1) is 0 Å². The van der Waals surface area contributed by atoms with E-state index in [1.165, 1.54) is 0 Å². The molecule has 0 saturated carbocycles. The first-order chi connectivity index (χ1) is 9.31. The minimum Gasteiger partial charge on any atom is -0.491 e. The van der Waals surface area contributed by atoms with E-state index in [0.717, 1.165) is 6.42 Å². The maximum Gasteiger partial charge on any atom is 0.255 e. The third kappa shape index (κ3) is 3.58. The zero-order valence-corrected chi connectivity index (χ0v) is 10.9. The molecule has 0 spiro atoms. The topological polar surface area (TPSA) is 38.3 Å². The summed E-state index contributed by atoms with van der Waals surface area (Å²) >= 11 is 0. The van der Waals surface area contributed by atoms with Crippen LogP contribution in [-0.2, 0) is 0 Å². The van der Waals surface area contributed by atoms with Gasteiger partial charge < -0.3 is 10.1 Å². The number of amides is 1. The van der Waals surface area contributed by atoms with Crippen molar-refractivity contribution in [2.45, 2.75) is 13.3 Å². The van der Waals surface area contributed by atoms with Crippen LogP contribution in [0.1, 0.15) is 23.7 Å². The summed E-state index contributed by atoms with van der Waals surface area (Å²) in [6, 6.07) is 16.6. The highest BCUT2D eigenvalue weighted by Crippen LogP contribution is 2.24. The molecule has 0 fully saturated rings. The molecular formula is C16H17NO2. The van der Waals surface area contributed by atoms with Crippen molar-refractivity contribution in [2.24, 2.45) is 0 Å². The van der Waals surface area contributed by atoms with Gasteiger partial charge in [0.2, 0.25) is 0 Å². The van der Waals surface area contributed by atoms with Crippen LogP contribution in [0.5, 0.6) is 5.75 Å². The molecule has 2 rings (SSSR count). The Morgan fingerprint density at radius 1 is 1.05 bits per heavy atom. The number of para-hydroxylation sites is 2. The van der Waals surface area contributed by atoms with Gasteiger partial charge in [0.15, 0.2) is 0 Å². The van der Waals surface area contributed by atoms with Gasteiger partial charge in [-0.3, -0.25) is 4.79 Å². The van der Waals surface area contributed by atoms with E-state index in [2.05, 4.69) is 5.32 Å². The summed E-state index contributed by atoms with van der Waals surface area (Å²) in [5, 5.41) is 2.87. The van der Waals surface area contributed by atoms with Gasteiger partial charge in [0.25, 0.3) is 5.91 Å². The molecule has 1 N–H and O–H groups in total. The minimum absolute atomic E-state index is 0.131. The first-order valence-electron chi connectivity index (χ1n) is 6.39. The molecule has 0 aliphatic carbocycles. The molecule has 0 aliphatic heterocycles. The van der Waals surface area contributed by atoms with Crippen molar-refractivity contribution < 1.29 is 9.53 Å². The van der Waals surface area contributed by atoms with Gasteiger partial charge >= 0.3 is 0 Å². The average molecular weight is 255 g/mol. The molecule has 0 saturated heterocycles. The predicted octanol–water partition coefficient (Wildman–Crippen LogP) is 3.73. The molecule has 2 aromatic carbocycles. The Balaban J connectivity index is 2.12. The summed E-state index contributed by atoms with van der Waals surface area (Å²) in [6.45, 7) is 2.68. The monoisotopic (exact) mass is 255 g/mol. The molecule has 0 aliphatic rings. The second-order valence-electron chi connectivity index (χ2n) is 4.16. The Bertz CT molecular complexity index is 537. The van der Waals surface area contributed by atoms with Gasteiger partial charge in [-0.05, 0) is 30.7 Å². The number of carbonyl (C=O) groups is 1. The lowest BCUT2D eigenvalue weighted by Gasteiger charge is -2.11. The van der Waals surface area contributed by atoms with E-state index in [9.17, 15) is 4.79 Å². The van der Waals surface area contributed by atoms with E-state index in [4.69, 9.17) is 4.74 Å². The minimum atomic E-state index is -0.131. The number of hydrogen-bond donors (Lipinski definition) is 1. The zero-order valence-electron chi connectivity index (χ0n) is 10.9. The number of benzene rings is 2. The standard InChI is InChI=1S/C16H17NO2/c1-2-12-19-15-11-7-6-10-14(15)17-16(18)13-8-4-3-5-9-13/h3-11H,2,12H2,1H3,(H,17,18). The Labute approximate surface area is 113 Å². The van der Waals surface area contributed by atoms with Gasteiger partial charge in [0.1, 0.15) is 5.75 Å². The highest BCUT2D eigenvalue weighted by molar-refractivity contribution is 6.04. The SMILES string of the molecule is CCCOc1ccccc1NC(=O)c1ccccc1. The fourth-order valence-corrected chi connectivity index (χ4v) is 1.69. The number of anilines is 1. The van der Waals surface area contributed by atoms with Crippen LogP contribution in [0.15, 0.2) is 54.6 Å². The Morgan fingerprint density at radius 2 is 1.74 bits per heavy atom. The molecule has 0 bridgehead atoms. The molecule has 19 heavy (non-hydrogen) atoms. The van der Waals surface area contributed by atoms with Gasteiger partial charge in [-0.1, -0.05) is 37.3 Å². The molecule has 3 heteroatoms. The van der Waals surface area contributed by atoms with Crippen molar-refractivity contribution in [1.29, 1.82) is 0 Å². The van der Waals surface area contributed by atoms with Crippen LogP contribution in [0.25, 0.3) is 0 Å². The maximum atomic E-state index is 12.1. The van der Waals surface area contributed by atoms with Gasteiger partial charge in [-0.25, -0.2) is 0 Å². The van der Waals surface area contributed by atoms with Gasteiger partial charge in [0.05, 0.1) is 12.3 Å². The second kappa shape index (κ2) is 6.59. The van der Waals surface area contributed by atoms with Crippen molar-refractivity contribution in [1.82, 2.24) is 0 Å². The fraction of sp³-hybridized carbons (Fsp3) is 0.188. The lowest BCUT2D eigenvalue weighted by Crippen LogP contribution is -2.12. The Hall–Kier alpha value is -2.29. The first kappa shape index (κ1) is 13.1. The summed E-state index contributed by atoms with van der Waals surface area (Å²) in [6.07, 6.45) is 0.932. The van der Waals surface area contributed by atoms with Crippen LogP contribution >= 0.6 is 0 Å². The second-order valence-corrected chi connectivity index (χ2v) is 4.16. The molecule has 3 nitrogen and oxygen atoms in total. The smallest absolute Gasteiger partial charge is 0.255 e.